The van der Waals surface area contributed by atoms with Crippen LogP contribution in [0.1, 0.15) is 30.2 Å². The molecule has 1 aliphatic heterocycles. The minimum absolute atomic E-state index is 0.0172. The molecule has 1 N–H and O–H groups in total. The van der Waals surface area contributed by atoms with Crippen molar-refractivity contribution in [2.75, 3.05) is 6.61 Å². The Hall–Kier alpha value is -2.28. The van der Waals surface area contributed by atoms with E-state index in [0.717, 1.165) is 24.2 Å². The van der Waals surface area contributed by atoms with Crippen LogP contribution in [0.15, 0.2) is 30.7 Å². The summed E-state index contributed by atoms with van der Waals surface area (Å²) in [7, 11) is 1.90. The fourth-order valence-corrected chi connectivity index (χ4v) is 2.93. The Morgan fingerprint density at radius 2 is 2.25 bits per heavy atom. The van der Waals surface area contributed by atoms with Gasteiger partial charge in [0.25, 0.3) is 0 Å². The van der Waals surface area contributed by atoms with E-state index in [1.807, 2.05) is 11.6 Å². The lowest BCUT2D eigenvalue weighted by molar-refractivity contribution is -0.122. The topological polar surface area (TPSA) is 56.2 Å². The Morgan fingerprint density at radius 1 is 1.42 bits per heavy atom. The Kier molecular flexibility index (Phi) is 4.89. The largest absolute Gasteiger partial charge is 0.372 e. The Morgan fingerprint density at radius 3 is 2.96 bits per heavy atom. The maximum Gasteiger partial charge on any atom is 0.224 e. The van der Waals surface area contributed by atoms with Crippen LogP contribution in [0, 0.1) is 11.6 Å². The van der Waals surface area contributed by atoms with Crippen molar-refractivity contribution in [2.24, 2.45) is 7.05 Å². The smallest absolute Gasteiger partial charge is 0.224 e. The molecule has 24 heavy (non-hydrogen) atoms. The number of halogens is 2. The fraction of sp³-hybridized carbons (Fsp3) is 0.412. The van der Waals surface area contributed by atoms with Gasteiger partial charge in [0.15, 0.2) is 11.6 Å². The highest BCUT2D eigenvalue weighted by atomic mass is 19.2. The number of amides is 1. The second-order valence-electron chi connectivity index (χ2n) is 6.00. The molecule has 1 amide bonds. The van der Waals surface area contributed by atoms with Crippen molar-refractivity contribution >= 4 is 5.91 Å². The SMILES string of the molecule is Cn1cncc1[C@H]1C[C@@H](NC(=O)Cc2ccc(F)c(F)c2)CCO1. The minimum atomic E-state index is -0.942. The lowest BCUT2D eigenvalue weighted by Crippen LogP contribution is -2.40. The first-order valence-electron chi connectivity index (χ1n) is 7.84. The summed E-state index contributed by atoms with van der Waals surface area (Å²) >= 11 is 0. The summed E-state index contributed by atoms with van der Waals surface area (Å²) in [5, 5.41) is 2.95. The van der Waals surface area contributed by atoms with Crippen LogP contribution < -0.4 is 5.32 Å². The zero-order chi connectivity index (χ0) is 17.1. The molecule has 3 rings (SSSR count). The number of carbonyl (C=O) groups excluding carboxylic acids is 1. The van der Waals surface area contributed by atoms with Crippen LogP contribution in [0.25, 0.3) is 0 Å². The molecule has 1 saturated heterocycles. The van der Waals surface area contributed by atoms with Crippen LogP contribution in [-0.4, -0.2) is 28.1 Å². The quantitative estimate of drug-likeness (QED) is 0.933. The van der Waals surface area contributed by atoms with Gasteiger partial charge >= 0.3 is 0 Å². The molecule has 0 aliphatic carbocycles. The summed E-state index contributed by atoms with van der Waals surface area (Å²) in [6.45, 7) is 0.548. The number of hydrogen-bond donors (Lipinski definition) is 1. The normalized spacial score (nSPS) is 20.8. The van der Waals surface area contributed by atoms with E-state index in [-0.39, 0.29) is 24.5 Å². The first kappa shape index (κ1) is 16.6. The van der Waals surface area contributed by atoms with Crippen molar-refractivity contribution in [1.82, 2.24) is 14.9 Å². The molecular weight excluding hydrogens is 316 g/mol. The van der Waals surface area contributed by atoms with E-state index in [1.165, 1.54) is 6.07 Å². The molecule has 5 nitrogen and oxygen atoms in total. The van der Waals surface area contributed by atoms with Gasteiger partial charge in [-0.1, -0.05) is 6.07 Å². The van der Waals surface area contributed by atoms with Crippen LogP contribution in [0.5, 0.6) is 0 Å². The van der Waals surface area contributed by atoms with Crippen LogP contribution >= 0.6 is 0 Å². The van der Waals surface area contributed by atoms with Gasteiger partial charge in [-0.2, -0.15) is 0 Å². The van der Waals surface area contributed by atoms with E-state index in [9.17, 15) is 13.6 Å². The van der Waals surface area contributed by atoms with Gasteiger partial charge in [0, 0.05) is 19.7 Å². The van der Waals surface area contributed by atoms with Crippen molar-refractivity contribution in [3.63, 3.8) is 0 Å². The van der Waals surface area contributed by atoms with Crippen LogP contribution in [-0.2, 0) is 23.0 Å². The number of imidazole rings is 1. The molecular formula is C17H19F2N3O2. The third-order valence-corrected chi connectivity index (χ3v) is 4.18. The van der Waals surface area contributed by atoms with E-state index < -0.39 is 11.6 Å². The van der Waals surface area contributed by atoms with Gasteiger partial charge in [0.05, 0.1) is 24.6 Å². The van der Waals surface area contributed by atoms with Crippen LogP contribution in [0.3, 0.4) is 0 Å². The molecule has 0 unspecified atom stereocenters. The number of hydrogen-bond acceptors (Lipinski definition) is 3. The van der Waals surface area contributed by atoms with Crippen molar-refractivity contribution in [3.8, 4) is 0 Å². The number of carbonyl (C=O) groups is 1. The van der Waals surface area contributed by atoms with Crippen LogP contribution in [0.2, 0.25) is 0 Å². The number of nitrogens with zero attached hydrogens (tertiary/aromatic N) is 2. The number of aryl methyl sites for hydroxylation is 1. The first-order chi connectivity index (χ1) is 11.5. The average molecular weight is 335 g/mol. The first-order valence-corrected chi connectivity index (χ1v) is 7.84. The maximum atomic E-state index is 13.2. The predicted octanol–water partition coefficient (Wildman–Crippen LogP) is 2.28. The standard InChI is InChI=1S/C17H19F2N3O2/c1-22-10-20-9-15(22)16-8-12(4-5-24-16)21-17(23)7-11-2-3-13(18)14(19)6-11/h2-3,6,9-10,12,16H,4-5,7-8H2,1H3,(H,21,23)/t12-,16+/m0/s1. The molecule has 0 saturated carbocycles. The maximum absolute atomic E-state index is 13.2. The molecule has 128 valence electrons. The highest BCUT2D eigenvalue weighted by molar-refractivity contribution is 5.78. The van der Waals surface area contributed by atoms with Crippen molar-refractivity contribution in [3.05, 3.63) is 53.6 Å². The van der Waals surface area contributed by atoms with E-state index in [2.05, 4.69) is 10.3 Å². The monoisotopic (exact) mass is 335 g/mol. The highest BCUT2D eigenvalue weighted by Crippen LogP contribution is 2.27. The number of benzene rings is 1. The lowest BCUT2D eigenvalue weighted by Gasteiger charge is -2.30. The van der Waals surface area contributed by atoms with Crippen molar-refractivity contribution in [1.29, 1.82) is 0 Å². The molecule has 2 atom stereocenters. The Balaban J connectivity index is 1.58. The predicted molar refractivity (Wildman–Crippen MR) is 83.1 cm³/mol. The summed E-state index contributed by atoms with van der Waals surface area (Å²) in [6, 6.07) is 3.49. The molecule has 1 aromatic heterocycles. The van der Waals surface area contributed by atoms with Crippen molar-refractivity contribution < 1.29 is 18.3 Å². The van der Waals surface area contributed by atoms with Gasteiger partial charge in [-0.15, -0.1) is 0 Å². The zero-order valence-electron chi connectivity index (χ0n) is 13.3. The Bertz CT molecular complexity index is 732. The third-order valence-electron chi connectivity index (χ3n) is 4.18. The molecule has 2 heterocycles. The van der Waals surface area contributed by atoms with E-state index >= 15 is 0 Å². The fourth-order valence-electron chi connectivity index (χ4n) is 2.93. The summed E-state index contributed by atoms with van der Waals surface area (Å²) in [5.41, 5.74) is 1.41. The van der Waals surface area contributed by atoms with E-state index in [4.69, 9.17) is 4.74 Å². The molecule has 7 heteroatoms. The summed E-state index contributed by atoms with van der Waals surface area (Å²) in [4.78, 5) is 16.2. The molecule has 2 aromatic rings. The molecule has 0 radical (unpaired) electrons. The summed E-state index contributed by atoms with van der Waals surface area (Å²) in [6.07, 6.45) is 4.76. The molecule has 1 fully saturated rings. The van der Waals surface area contributed by atoms with Gasteiger partial charge in [0.2, 0.25) is 5.91 Å². The summed E-state index contributed by atoms with van der Waals surface area (Å²) < 4.78 is 33.8. The van der Waals surface area contributed by atoms with Crippen LogP contribution in [0.4, 0.5) is 8.78 Å². The molecule has 1 aromatic carbocycles. The van der Waals surface area contributed by atoms with Gasteiger partial charge in [-0.05, 0) is 30.5 Å². The van der Waals surface area contributed by atoms with Gasteiger partial charge in [-0.3, -0.25) is 4.79 Å². The summed E-state index contributed by atoms with van der Waals surface area (Å²) in [5.74, 6) is -2.07. The number of nitrogens with one attached hydrogen (secondary N) is 1. The number of ether oxygens (including phenoxy) is 1. The third kappa shape index (κ3) is 3.79. The average Bonchev–Trinajstić information content (AvgIpc) is 2.97. The number of rotatable bonds is 4. The van der Waals surface area contributed by atoms with E-state index in [0.29, 0.717) is 18.6 Å². The second-order valence-corrected chi connectivity index (χ2v) is 6.00. The van der Waals surface area contributed by atoms with Gasteiger partial charge in [-0.25, -0.2) is 13.8 Å². The van der Waals surface area contributed by atoms with Gasteiger partial charge < -0.3 is 14.6 Å². The molecule has 0 bridgehead atoms. The molecule has 0 spiro atoms. The van der Waals surface area contributed by atoms with Crippen molar-refractivity contribution in [2.45, 2.75) is 31.4 Å². The zero-order valence-corrected chi connectivity index (χ0v) is 13.3. The van der Waals surface area contributed by atoms with Gasteiger partial charge in [0.1, 0.15) is 6.10 Å². The highest BCUT2D eigenvalue weighted by Gasteiger charge is 2.26. The Labute approximate surface area is 138 Å². The number of aromatic nitrogens is 2. The lowest BCUT2D eigenvalue weighted by atomic mass is 10.0. The van der Waals surface area contributed by atoms with E-state index in [1.54, 1.807) is 12.5 Å². The second kappa shape index (κ2) is 7.09. The minimum Gasteiger partial charge on any atom is -0.372 e. The molecule has 1 aliphatic rings.